The van der Waals surface area contributed by atoms with Crippen molar-refractivity contribution < 1.29 is 0 Å². The highest BCUT2D eigenvalue weighted by Crippen LogP contribution is 2.20. The van der Waals surface area contributed by atoms with Crippen LogP contribution in [0.1, 0.15) is 22.9 Å². The number of aryl methyl sites for hydroxylation is 5. The summed E-state index contributed by atoms with van der Waals surface area (Å²) in [6.45, 7) is 4.16. The summed E-state index contributed by atoms with van der Waals surface area (Å²) in [7, 11) is 2.05. The zero-order valence-electron chi connectivity index (χ0n) is 15.4. The van der Waals surface area contributed by atoms with Crippen molar-refractivity contribution in [3.63, 3.8) is 0 Å². The number of hydrogen-bond acceptors (Lipinski definition) is 3. The molecule has 0 N–H and O–H groups in total. The van der Waals surface area contributed by atoms with E-state index in [1.54, 1.807) is 0 Å². The number of rotatable bonds is 4. The fraction of sp³-hybridized carbons (Fsp3) is 0.227. The van der Waals surface area contributed by atoms with Crippen LogP contribution in [0.15, 0.2) is 54.7 Å². The molecule has 26 heavy (non-hydrogen) atoms. The summed E-state index contributed by atoms with van der Waals surface area (Å²) < 4.78 is 2.10. The molecule has 4 rings (SSSR count). The Bertz CT molecular complexity index is 1060. The molecule has 2 aromatic carbocycles. The highest BCUT2D eigenvalue weighted by atomic mass is 15.0. The van der Waals surface area contributed by atoms with Crippen molar-refractivity contribution in [2.75, 3.05) is 0 Å². The molecule has 0 aliphatic carbocycles. The first-order valence-corrected chi connectivity index (χ1v) is 8.92. The topological polar surface area (TPSA) is 43.6 Å². The fourth-order valence-electron chi connectivity index (χ4n) is 3.33. The van der Waals surface area contributed by atoms with Crippen LogP contribution in [-0.2, 0) is 19.9 Å². The van der Waals surface area contributed by atoms with E-state index in [2.05, 4.69) is 54.9 Å². The molecule has 0 fully saturated rings. The Morgan fingerprint density at radius 2 is 1.65 bits per heavy atom. The van der Waals surface area contributed by atoms with Crippen LogP contribution in [0.3, 0.4) is 0 Å². The maximum Gasteiger partial charge on any atom is 0.129 e. The highest BCUT2D eigenvalue weighted by Gasteiger charge is 2.10. The van der Waals surface area contributed by atoms with Gasteiger partial charge >= 0.3 is 0 Å². The molecule has 0 radical (unpaired) electrons. The summed E-state index contributed by atoms with van der Waals surface area (Å²) in [6.07, 6.45) is 3.69. The largest absolute Gasteiger partial charge is 0.337 e. The standard InChI is InChI=1S/C22H22N4/c1-15-8-7-11-18-16(2)23-20(25-22(15)18)12-13-21-24-19(14-26(21)3)17-9-5-4-6-10-17/h4-11,14H,12-13H2,1-3H3. The quantitative estimate of drug-likeness (QED) is 0.551. The smallest absolute Gasteiger partial charge is 0.129 e. The molecule has 0 saturated heterocycles. The van der Waals surface area contributed by atoms with Crippen molar-refractivity contribution in [2.45, 2.75) is 26.7 Å². The summed E-state index contributed by atoms with van der Waals surface area (Å²) in [5.41, 5.74) is 5.44. The Labute approximate surface area is 153 Å². The van der Waals surface area contributed by atoms with Crippen LogP contribution in [-0.4, -0.2) is 19.5 Å². The molecular formula is C22H22N4. The van der Waals surface area contributed by atoms with Crippen molar-refractivity contribution >= 4 is 10.9 Å². The summed E-state index contributed by atoms with van der Waals surface area (Å²) in [6, 6.07) is 16.5. The molecule has 0 aliphatic rings. The SMILES string of the molecule is Cc1nc(CCc2nc(-c3ccccc3)cn2C)nc2c(C)cccc12. The summed E-state index contributed by atoms with van der Waals surface area (Å²) in [5, 5.41) is 1.14. The van der Waals surface area contributed by atoms with E-state index in [9.17, 15) is 0 Å². The van der Waals surface area contributed by atoms with E-state index in [-0.39, 0.29) is 0 Å². The normalized spacial score (nSPS) is 11.2. The van der Waals surface area contributed by atoms with Gasteiger partial charge in [-0.25, -0.2) is 15.0 Å². The van der Waals surface area contributed by atoms with Gasteiger partial charge in [0.15, 0.2) is 0 Å². The van der Waals surface area contributed by atoms with Gasteiger partial charge < -0.3 is 4.57 Å². The van der Waals surface area contributed by atoms with Crippen LogP contribution in [0.25, 0.3) is 22.2 Å². The number of hydrogen-bond donors (Lipinski definition) is 0. The van der Waals surface area contributed by atoms with Gasteiger partial charge in [0.05, 0.1) is 11.2 Å². The monoisotopic (exact) mass is 342 g/mol. The lowest BCUT2D eigenvalue weighted by molar-refractivity contribution is 0.748. The van der Waals surface area contributed by atoms with Crippen LogP contribution in [0, 0.1) is 13.8 Å². The number of nitrogens with zero attached hydrogens (tertiary/aromatic N) is 4. The second-order valence-electron chi connectivity index (χ2n) is 6.72. The van der Waals surface area contributed by atoms with E-state index < -0.39 is 0 Å². The molecule has 2 aromatic heterocycles. The van der Waals surface area contributed by atoms with Crippen molar-refractivity contribution in [1.29, 1.82) is 0 Å². The van der Waals surface area contributed by atoms with Crippen LogP contribution in [0.5, 0.6) is 0 Å². The molecule has 0 atom stereocenters. The van der Waals surface area contributed by atoms with E-state index in [1.807, 2.05) is 25.2 Å². The molecule has 130 valence electrons. The molecule has 0 aliphatic heterocycles. The summed E-state index contributed by atoms with van der Waals surface area (Å²) >= 11 is 0. The first-order chi connectivity index (χ1) is 12.6. The molecular weight excluding hydrogens is 320 g/mol. The van der Waals surface area contributed by atoms with Crippen molar-refractivity contribution in [2.24, 2.45) is 7.05 Å². The Morgan fingerprint density at radius 3 is 2.46 bits per heavy atom. The van der Waals surface area contributed by atoms with Crippen molar-refractivity contribution in [1.82, 2.24) is 19.5 Å². The second kappa shape index (κ2) is 6.71. The van der Waals surface area contributed by atoms with Crippen LogP contribution in [0.4, 0.5) is 0 Å². The molecule has 0 amide bonds. The van der Waals surface area contributed by atoms with Crippen LogP contribution in [0.2, 0.25) is 0 Å². The van der Waals surface area contributed by atoms with E-state index in [1.165, 1.54) is 5.56 Å². The zero-order chi connectivity index (χ0) is 18.1. The number of fused-ring (bicyclic) bond motifs is 1. The minimum atomic E-state index is 0.782. The number of para-hydroxylation sites is 1. The number of benzene rings is 2. The van der Waals surface area contributed by atoms with Crippen LogP contribution >= 0.6 is 0 Å². The van der Waals surface area contributed by atoms with E-state index >= 15 is 0 Å². The minimum Gasteiger partial charge on any atom is -0.337 e. The van der Waals surface area contributed by atoms with Gasteiger partial charge in [-0.05, 0) is 19.4 Å². The third-order valence-corrected chi connectivity index (χ3v) is 4.78. The second-order valence-corrected chi connectivity index (χ2v) is 6.72. The van der Waals surface area contributed by atoms with Gasteiger partial charge in [-0.15, -0.1) is 0 Å². The van der Waals surface area contributed by atoms with E-state index in [4.69, 9.17) is 15.0 Å². The van der Waals surface area contributed by atoms with E-state index in [0.717, 1.165) is 52.3 Å². The van der Waals surface area contributed by atoms with E-state index in [0.29, 0.717) is 0 Å². The Morgan fingerprint density at radius 1 is 0.846 bits per heavy atom. The molecule has 0 bridgehead atoms. The van der Waals surface area contributed by atoms with Gasteiger partial charge in [0.2, 0.25) is 0 Å². The lowest BCUT2D eigenvalue weighted by Gasteiger charge is -2.07. The van der Waals surface area contributed by atoms with Crippen molar-refractivity contribution in [3.05, 3.63) is 77.6 Å². The predicted octanol–water partition coefficient (Wildman–Crippen LogP) is 4.43. The molecule has 0 saturated carbocycles. The van der Waals surface area contributed by atoms with Gasteiger partial charge in [-0.3, -0.25) is 0 Å². The molecule has 0 unspecified atom stereocenters. The average molecular weight is 342 g/mol. The summed E-state index contributed by atoms with van der Waals surface area (Å²) in [5.74, 6) is 1.93. The fourth-order valence-corrected chi connectivity index (χ4v) is 3.33. The van der Waals surface area contributed by atoms with Gasteiger partial charge in [-0.2, -0.15) is 0 Å². The lowest BCUT2D eigenvalue weighted by Crippen LogP contribution is -2.05. The Hall–Kier alpha value is -3.01. The van der Waals surface area contributed by atoms with Crippen molar-refractivity contribution in [3.8, 4) is 11.3 Å². The predicted molar refractivity (Wildman–Crippen MR) is 105 cm³/mol. The minimum absolute atomic E-state index is 0.782. The maximum absolute atomic E-state index is 4.80. The Balaban J connectivity index is 1.59. The number of imidazole rings is 1. The molecule has 4 heteroatoms. The number of aromatic nitrogens is 4. The summed E-state index contributed by atoms with van der Waals surface area (Å²) in [4.78, 5) is 14.3. The molecule has 4 aromatic rings. The first kappa shape index (κ1) is 16.5. The average Bonchev–Trinajstić information content (AvgIpc) is 3.02. The third-order valence-electron chi connectivity index (χ3n) is 4.78. The lowest BCUT2D eigenvalue weighted by atomic mass is 10.1. The van der Waals surface area contributed by atoms with Gasteiger partial charge in [0.1, 0.15) is 11.6 Å². The van der Waals surface area contributed by atoms with Gasteiger partial charge in [-0.1, -0.05) is 48.5 Å². The van der Waals surface area contributed by atoms with Gasteiger partial charge in [0, 0.05) is 42.7 Å². The molecule has 4 nitrogen and oxygen atoms in total. The molecule has 2 heterocycles. The maximum atomic E-state index is 4.80. The first-order valence-electron chi connectivity index (χ1n) is 8.92. The zero-order valence-corrected chi connectivity index (χ0v) is 15.4. The third kappa shape index (κ3) is 3.10. The molecule has 0 spiro atoms. The van der Waals surface area contributed by atoms with Crippen LogP contribution < -0.4 is 0 Å². The Kier molecular flexibility index (Phi) is 4.25. The van der Waals surface area contributed by atoms with Gasteiger partial charge in [0.25, 0.3) is 0 Å². The highest BCUT2D eigenvalue weighted by molar-refractivity contribution is 5.83.